The first-order valence-corrected chi connectivity index (χ1v) is 13.3. The number of esters is 2. The summed E-state index contributed by atoms with van der Waals surface area (Å²) in [5, 5.41) is 22.4. The van der Waals surface area contributed by atoms with E-state index in [1.807, 2.05) is 26.0 Å². The molecule has 3 aliphatic rings. The van der Waals surface area contributed by atoms with Crippen molar-refractivity contribution in [3.8, 4) is 0 Å². The van der Waals surface area contributed by atoms with Crippen molar-refractivity contribution in [1.82, 2.24) is 0 Å². The normalized spacial score (nSPS) is 38.9. The average Bonchev–Trinajstić information content (AvgIpc) is 3.28. The third kappa shape index (κ3) is 5.68. The Morgan fingerprint density at radius 3 is 2.54 bits per heavy atom. The first-order chi connectivity index (χ1) is 17.3. The summed E-state index contributed by atoms with van der Waals surface area (Å²) in [6, 6.07) is 0. The highest BCUT2D eigenvalue weighted by Gasteiger charge is 2.65. The molecule has 0 aromatic rings. The first kappa shape index (κ1) is 29.1. The van der Waals surface area contributed by atoms with Crippen LogP contribution in [0.5, 0.6) is 0 Å². The number of carbonyl (C=O) groups excluding carboxylic acids is 3. The highest BCUT2D eigenvalue weighted by atomic mass is 16.6. The Labute approximate surface area is 220 Å². The maximum absolute atomic E-state index is 13.9. The van der Waals surface area contributed by atoms with Gasteiger partial charge in [-0.25, -0.2) is 4.79 Å². The minimum absolute atomic E-state index is 0.0172. The SMILES string of the molecule is C=C1C(=O)[C@@]2(OC(C)=O)C[C@@H](C)[C@H](O)[C@@H]2/C=C(/C)[C@H](OC(=O)/C=C/C=C\CCC)C[C@H]2[C@@H]([C@H]1O)C2(C)C. The van der Waals surface area contributed by atoms with Crippen LogP contribution in [-0.4, -0.2) is 51.8 Å². The molecular formula is C30H42O7. The summed E-state index contributed by atoms with van der Waals surface area (Å²) < 4.78 is 11.6. The molecule has 2 saturated carbocycles. The molecule has 0 spiro atoms. The average molecular weight is 515 g/mol. The summed E-state index contributed by atoms with van der Waals surface area (Å²) in [5.41, 5.74) is -1.37. The molecule has 3 rings (SSSR count). The van der Waals surface area contributed by atoms with Crippen molar-refractivity contribution in [2.75, 3.05) is 0 Å². The number of aliphatic hydroxyl groups is 2. The van der Waals surface area contributed by atoms with Gasteiger partial charge in [0.05, 0.1) is 18.1 Å². The van der Waals surface area contributed by atoms with Crippen molar-refractivity contribution < 1.29 is 34.1 Å². The molecule has 2 fully saturated rings. The van der Waals surface area contributed by atoms with E-state index in [1.54, 1.807) is 26.0 Å². The van der Waals surface area contributed by atoms with E-state index in [0.29, 0.717) is 12.0 Å². The van der Waals surface area contributed by atoms with Crippen molar-refractivity contribution in [2.24, 2.45) is 29.1 Å². The van der Waals surface area contributed by atoms with Gasteiger partial charge in [0.2, 0.25) is 5.78 Å². The number of Topliss-reactive ketones (excluding diaryl/α,β-unsaturated/α-hetero) is 1. The van der Waals surface area contributed by atoms with Gasteiger partial charge in [0.25, 0.3) is 0 Å². The van der Waals surface area contributed by atoms with Crippen LogP contribution in [0.3, 0.4) is 0 Å². The molecule has 0 amide bonds. The fourth-order valence-corrected chi connectivity index (χ4v) is 6.34. The number of hydrogen-bond acceptors (Lipinski definition) is 7. The van der Waals surface area contributed by atoms with Crippen LogP contribution < -0.4 is 0 Å². The Balaban J connectivity index is 2.05. The summed E-state index contributed by atoms with van der Waals surface area (Å²) in [4.78, 5) is 38.8. The Bertz CT molecular complexity index is 1020. The van der Waals surface area contributed by atoms with Gasteiger partial charge in [-0.1, -0.05) is 65.0 Å². The maximum Gasteiger partial charge on any atom is 0.331 e. The molecule has 2 N–H and O–H groups in total. The van der Waals surface area contributed by atoms with E-state index in [2.05, 4.69) is 13.5 Å². The van der Waals surface area contributed by atoms with Gasteiger partial charge in [-0.15, -0.1) is 0 Å². The van der Waals surface area contributed by atoms with Crippen LogP contribution in [0.25, 0.3) is 0 Å². The second-order valence-corrected chi connectivity index (χ2v) is 11.6. The zero-order valence-electron chi connectivity index (χ0n) is 22.9. The quantitative estimate of drug-likeness (QED) is 0.236. The second kappa shape index (κ2) is 11.1. The standard InChI is InChI=1S/C30H42O7/c1-8-9-10-11-12-13-24(32)36-23-15-21-25(29(21,6)7)27(34)19(4)28(35)30(37-20(5)31)16-18(3)26(33)22(30)14-17(23)2/h10-14,18,21-23,25-27,33-34H,4,8-9,15-16H2,1-3,5-7H3/b11-10-,13-12+,17-14-/t18-,21+,22+,23-,25+,26+,27+,30-/m1/s1. The van der Waals surface area contributed by atoms with Crippen LogP contribution in [0.15, 0.2) is 48.1 Å². The molecule has 0 aliphatic heterocycles. The molecule has 0 aromatic carbocycles. The van der Waals surface area contributed by atoms with Crippen molar-refractivity contribution in [2.45, 2.75) is 91.1 Å². The molecule has 0 radical (unpaired) electrons. The van der Waals surface area contributed by atoms with Gasteiger partial charge in [-0.3, -0.25) is 9.59 Å². The lowest BCUT2D eigenvalue weighted by molar-refractivity contribution is -0.168. The number of ether oxygens (including phenoxy) is 2. The minimum atomic E-state index is -1.69. The number of aliphatic hydroxyl groups excluding tert-OH is 2. The van der Waals surface area contributed by atoms with Crippen molar-refractivity contribution >= 4 is 17.7 Å². The van der Waals surface area contributed by atoms with Crippen LogP contribution in [0.2, 0.25) is 0 Å². The molecule has 0 unspecified atom stereocenters. The third-order valence-electron chi connectivity index (χ3n) is 8.56. The summed E-state index contributed by atoms with van der Waals surface area (Å²) in [6.45, 7) is 14.8. The number of carbonyl (C=O) groups is 3. The number of fused-ring (bicyclic) bond motifs is 2. The van der Waals surface area contributed by atoms with Gasteiger partial charge in [-0.05, 0) is 48.5 Å². The molecule has 8 atom stereocenters. The van der Waals surface area contributed by atoms with E-state index in [0.717, 1.165) is 12.8 Å². The monoisotopic (exact) mass is 514 g/mol. The number of ketones is 1. The number of rotatable bonds is 6. The topological polar surface area (TPSA) is 110 Å². The zero-order valence-corrected chi connectivity index (χ0v) is 22.9. The Morgan fingerprint density at radius 2 is 1.92 bits per heavy atom. The Morgan fingerprint density at radius 1 is 1.24 bits per heavy atom. The summed E-state index contributed by atoms with van der Waals surface area (Å²) in [5.74, 6) is -3.26. The number of unbranched alkanes of at least 4 members (excludes halogenated alkanes) is 1. The van der Waals surface area contributed by atoms with Crippen LogP contribution in [0.4, 0.5) is 0 Å². The molecule has 204 valence electrons. The number of allylic oxidation sites excluding steroid dienone is 3. The van der Waals surface area contributed by atoms with Gasteiger partial charge in [0.15, 0.2) is 5.60 Å². The van der Waals surface area contributed by atoms with Crippen molar-refractivity contribution in [1.29, 1.82) is 0 Å². The van der Waals surface area contributed by atoms with Crippen LogP contribution >= 0.6 is 0 Å². The smallest absolute Gasteiger partial charge is 0.331 e. The predicted octanol–water partition coefficient (Wildman–Crippen LogP) is 4.24. The molecular weight excluding hydrogens is 472 g/mol. The molecule has 7 nitrogen and oxygen atoms in total. The lowest BCUT2D eigenvalue weighted by atomic mass is 9.79. The van der Waals surface area contributed by atoms with Gasteiger partial charge >= 0.3 is 11.9 Å². The summed E-state index contributed by atoms with van der Waals surface area (Å²) in [6.07, 6.45) is 8.23. The summed E-state index contributed by atoms with van der Waals surface area (Å²) in [7, 11) is 0. The highest BCUT2D eigenvalue weighted by molar-refractivity contribution is 6.04. The molecule has 0 bridgehead atoms. The van der Waals surface area contributed by atoms with Gasteiger partial charge in [0.1, 0.15) is 6.10 Å². The van der Waals surface area contributed by atoms with Gasteiger partial charge < -0.3 is 19.7 Å². The Kier molecular flexibility index (Phi) is 8.70. The molecule has 0 heterocycles. The van der Waals surface area contributed by atoms with Crippen molar-refractivity contribution in [3.63, 3.8) is 0 Å². The van der Waals surface area contributed by atoms with E-state index < -0.39 is 47.6 Å². The summed E-state index contributed by atoms with van der Waals surface area (Å²) >= 11 is 0. The Hall–Kier alpha value is -2.51. The first-order valence-electron chi connectivity index (χ1n) is 13.3. The van der Waals surface area contributed by atoms with Gasteiger partial charge in [-0.2, -0.15) is 0 Å². The van der Waals surface area contributed by atoms with E-state index in [4.69, 9.17) is 9.47 Å². The van der Waals surface area contributed by atoms with Crippen molar-refractivity contribution in [3.05, 3.63) is 48.1 Å². The predicted molar refractivity (Wildman–Crippen MR) is 140 cm³/mol. The largest absolute Gasteiger partial charge is 0.455 e. The van der Waals surface area contributed by atoms with Gasteiger partial charge in [0, 0.05) is 25.0 Å². The van der Waals surface area contributed by atoms with Crippen LogP contribution in [0, 0.1) is 29.1 Å². The van der Waals surface area contributed by atoms with Crippen LogP contribution in [-0.2, 0) is 23.9 Å². The lowest BCUT2D eigenvalue weighted by Gasteiger charge is -2.35. The van der Waals surface area contributed by atoms with E-state index in [-0.39, 0.29) is 35.2 Å². The molecule has 37 heavy (non-hydrogen) atoms. The molecule has 7 heteroatoms. The fraction of sp³-hybridized carbons (Fsp3) is 0.633. The second-order valence-electron chi connectivity index (χ2n) is 11.6. The highest BCUT2D eigenvalue weighted by Crippen LogP contribution is 2.64. The number of hydrogen-bond donors (Lipinski definition) is 2. The minimum Gasteiger partial charge on any atom is -0.455 e. The van der Waals surface area contributed by atoms with E-state index >= 15 is 0 Å². The molecule has 0 saturated heterocycles. The lowest BCUT2D eigenvalue weighted by Crippen LogP contribution is -2.50. The molecule has 3 aliphatic carbocycles. The van der Waals surface area contributed by atoms with E-state index in [9.17, 15) is 24.6 Å². The fourth-order valence-electron chi connectivity index (χ4n) is 6.34. The third-order valence-corrected chi connectivity index (χ3v) is 8.56. The zero-order chi connectivity index (χ0) is 27.7. The van der Waals surface area contributed by atoms with E-state index in [1.165, 1.54) is 13.0 Å². The van der Waals surface area contributed by atoms with Crippen LogP contribution in [0.1, 0.15) is 67.2 Å². The molecule has 0 aromatic heterocycles. The maximum atomic E-state index is 13.9.